The molecule has 1 aromatic heterocycles. The lowest BCUT2D eigenvalue weighted by molar-refractivity contribution is 0.441. The highest BCUT2D eigenvalue weighted by Gasteiger charge is 2.29. The fraction of sp³-hybridized carbons (Fsp3) is 0.750. The third-order valence-corrected chi connectivity index (χ3v) is 3.43. The lowest BCUT2D eigenvalue weighted by Crippen LogP contribution is -2.24. The summed E-state index contributed by atoms with van der Waals surface area (Å²) >= 11 is 0. The molecule has 84 valence electrons. The predicted octanol–water partition coefficient (Wildman–Crippen LogP) is 1.91. The normalized spacial score (nSPS) is 26.0. The first-order chi connectivity index (χ1) is 7.31. The summed E-state index contributed by atoms with van der Waals surface area (Å²) in [7, 11) is 2.00. The van der Waals surface area contributed by atoms with E-state index in [0.29, 0.717) is 5.92 Å². The molecule has 0 radical (unpaired) electrons. The summed E-state index contributed by atoms with van der Waals surface area (Å²) in [5.41, 5.74) is 1.29. The molecule has 1 aromatic rings. The van der Waals surface area contributed by atoms with Crippen molar-refractivity contribution in [3.8, 4) is 0 Å². The Hall–Kier alpha value is -0.830. The first kappa shape index (κ1) is 10.7. The van der Waals surface area contributed by atoms with Crippen LogP contribution in [0.15, 0.2) is 12.3 Å². The van der Waals surface area contributed by atoms with E-state index in [9.17, 15) is 0 Å². The molecule has 1 saturated carbocycles. The van der Waals surface area contributed by atoms with Crippen LogP contribution in [0.25, 0.3) is 0 Å². The minimum absolute atomic E-state index is 0.685. The van der Waals surface area contributed by atoms with Gasteiger partial charge in [-0.1, -0.05) is 13.3 Å². The van der Waals surface area contributed by atoms with Gasteiger partial charge in [-0.3, -0.25) is 4.68 Å². The van der Waals surface area contributed by atoms with Crippen molar-refractivity contribution in [2.45, 2.75) is 32.1 Å². The molecule has 1 N–H and O–H groups in total. The van der Waals surface area contributed by atoms with Crippen LogP contribution in [0.1, 0.15) is 37.8 Å². The van der Waals surface area contributed by atoms with Crippen molar-refractivity contribution in [2.24, 2.45) is 13.0 Å². The first-order valence-electron chi connectivity index (χ1n) is 6.01. The molecule has 1 aliphatic rings. The van der Waals surface area contributed by atoms with E-state index in [1.54, 1.807) is 0 Å². The standard InChI is InChI=1S/C12H21N3/c1-3-13-9-10-5-4-6-11(10)12-7-8-15(2)14-12/h7-8,10-11,13H,3-6,9H2,1-2H3. The van der Waals surface area contributed by atoms with Crippen molar-refractivity contribution in [3.05, 3.63) is 18.0 Å². The number of aryl methyl sites for hydroxylation is 1. The fourth-order valence-corrected chi connectivity index (χ4v) is 2.63. The average molecular weight is 207 g/mol. The lowest BCUT2D eigenvalue weighted by Gasteiger charge is -2.17. The molecule has 1 aliphatic carbocycles. The molecule has 2 rings (SSSR count). The second-order valence-electron chi connectivity index (χ2n) is 4.52. The molecule has 1 heterocycles. The topological polar surface area (TPSA) is 29.9 Å². The molecule has 0 aromatic carbocycles. The molecule has 2 atom stereocenters. The van der Waals surface area contributed by atoms with Gasteiger partial charge in [0.1, 0.15) is 0 Å². The van der Waals surface area contributed by atoms with Gasteiger partial charge in [0, 0.05) is 19.2 Å². The predicted molar refractivity (Wildman–Crippen MR) is 61.8 cm³/mol. The van der Waals surface area contributed by atoms with Crippen molar-refractivity contribution >= 4 is 0 Å². The van der Waals surface area contributed by atoms with E-state index < -0.39 is 0 Å². The van der Waals surface area contributed by atoms with Crippen LogP contribution in [0.2, 0.25) is 0 Å². The Bertz CT molecular complexity index is 306. The highest BCUT2D eigenvalue weighted by molar-refractivity contribution is 5.10. The van der Waals surface area contributed by atoms with Crippen LogP contribution in [-0.4, -0.2) is 22.9 Å². The largest absolute Gasteiger partial charge is 0.317 e. The molecule has 0 saturated heterocycles. The van der Waals surface area contributed by atoms with Gasteiger partial charge in [-0.2, -0.15) is 5.10 Å². The van der Waals surface area contributed by atoms with Gasteiger partial charge in [0.2, 0.25) is 0 Å². The van der Waals surface area contributed by atoms with Gasteiger partial charge in [-0.15, -0.1) is 0 Å². The van der Waals surface area contributed by atoms with Gasteiger partial charge in [-0.05, 0) is 37.9 Å². The number of hydrogen-bond donors (Lipinski definition) is 1. The molecule has 0 amide bonds. The van der Waals surface area contributed by atoms with Crippen molar-refractivity contribution in [1.29, 1.82) is 0 Å². The Morgan fingerprint density at radius 1 is 1.53 bits per heavy atom. The highest BCUT2D eigenvalue weighted by atomic mass is 15.2. The van der Waals surface area contributed by atoms with E-state index in [-0.39, 0.29) is 0 Å². The second-order valence-corrected chi connectivity index (χ2v) is 4.52. The molecule has 0 bridgehead atoms. The minimum Gasteiger partial charge on any atom is -0.317 e. The third-order valence-electron chi connectivity index (χ3n) is 3.43. The van der Waals surface area contributed by atoms with Gasteiger partial charge in [0.05, 0.1) is 5.69 Å². The van der Waals surface area contributed by atoms with E-state index in [1.807, 2.05) is 11.7 Å². The number of rotatable bonds is 4. The summed E-state index contributed by atoms with van der Waals surface area (Å²) in [6.45, 7) is 4.40. The van der Waals surface area contributed by atoms with E-state index in [2.05, 4.69) is 29.6 Å². The van der Waals surface area contributed by atoms with Gasteiger partial charge < -0.3 is 5.32 Å². The first-order valence-corrected chi connectivity index (χ1v) is 6.01. The van der Waals surface area contributed by atoms with E-state index >= 15 is 0 Å². The monoisotopic (exact) mass is 207 g/mol. The zero-order valence-electron chi connectivity index (χ0n) is 9.74. The van der Waals surface area contributed by atoms with Crippen molar-refractivity contribution < 1.29 is 0 Å². The van der Waals surface area contributed by atoms with E-state index in [1.165, 1.54) is 25.0 Å². The Kier molecular flexibility index (Phi) is 3.41. The van der Waals surface area contributed by atoms with Crippen LogP contribution in [0.3, 0.4) is 0 Å². The maximum Gasteiger partial charge on any atom is 0.0658 e. The van der Waals surface area contributed by atoms with E-state index in [0.717, 1.165) is 19.0 Å². The summed E-state index contributed by atoms with van der Waals surface area (Å²) in [6, 6.07) is 2.18. The van der Waals surface area contributed by atoms with Crippen molar-refractivity contribution in [3.63, 3.8) is 0 Å². The van der Waals surface area contributed by atoms with Crippen LogP contribution < -0.4 is 5.32 Å². The quantitative estimate of drug-likeness (QED) is 0.817. The summed E-state index contributed by atoms with van der Waals surface area (Å²) in [6.07, 6.45) is 6.08. The SMILES string of the molecule is CCNCC1CCCC1c1ccn(C)n1. The maximum atomic E-state index is 4.54. The van der Waals surface area contributed by atoms with E-state index in [4.69, 9.17) is 0 Å². The van der Waals surface area contributed by atoms with Crippen LogP contribution in [0.5, 0.6) is 0 Å². The van der Waals surface area contributed by atoms with Crippen LogP contribution in [0, 0.1) is 5.92 Å². The van der Waals surface area contributed by atoms with Crippen LogP contribution in [0.4, 0.5) is 0 Å². The minimum atomic E-state index is 0.685. The molecule has 0 aliphatic heterocycles. The number of nitrogens with one attached hydrogen (secondary N) is 1. The molecule has 2 unspecified atom stereocenters. The molecular weight excluding hydrogens is 186 g/mol. The Labute approximate surface area is 91.9 Å². The molecular formula is C12H21N3. The smallest absolute Gasteiger partial charge is 0.0658 e. The number of hydrogen-bond acceptors (Lipinski definition) is 2. The van der Waals surface area contributed by atoms with Crippen LogP contribution >= 0.6 is 0 Å². The van der Waals surface area contributed by atoms with Gasteiger partial charge in [-0.25, -0.2) is 0 Å². The second kappa shape index (κ2) is 4.79. The molecule has 3 heteroatoms. The Morgan fingerprint density at radius 3 is 3.07 bits per heavy atom. The maximum absolute atomic E-state index is 4.54. The van der Waals surface area contributed by atoms with Gasteiger partial charge >= 0.3 is 0 Å². The van der Waals surface area contributed by atoms with Crippen molar-refractivity contribution in [1.82, 2.24) is 15.1 Å². The summed E-state index contributed by atoms with van der Waals surface area (Å²) in [5, 5.41) is 8.00. The average Bonchev–Trinajstić information content (AvgIpc) is 2.82. The van der Waals surface area contributed by atoms with Gasteiger partial charge in [0.25, 0.3) is 0 Å². The number of nitrogens with zero attached hydrogens (tertiary/aromatic N) is 2. The van der Waals surface area contributed by atoms with Crippen molar-refractivity contribution in [2.75, 3.05) is 13.1 Å². The molecule has 1 fully saturated rings. The third kappa shape index (κ3) is 2.40. The lowest BCUT2D eigenvalue weighted by atomic mass is 9.93. The van der Waals surface area contributed by atoms with Gasteiger partial charge in [0.15, 0.2) is 0 Å². The summed E-state index contributed by atoms with van der Waals surface area (Å²) < 4.78 is 1.91. The molecule has 3 nitrogen and oxygen atoms in total. The van der Waals surface area contributed by atoms with Crippen LogP contribution in [-0.2, 0) is 7.05 Å². The molecule has 15 heavy (non-hydrogen) atoms. The Balaban J connectivity index is 2.01. The summed E-state index contributed by atoms with van der Waals surface area (Å²) in [4.78, 5) is 0. The fourth-order valence-electron chi connectivity index (χ4n) is 2.63. The zero-order chi connectivity index (χ0) is 10.7. The zero-order valence-corrected chi connectivity index (χ0v) is 9.74. The summed E-state index contributed by atoms with van der Waals surface area (Å²) in [5.74, 6) is 1.48. The number of aromatic nitrogens is 2. The molecule has 0 spiro atoms. The highest BCUT2D eigenvalue weighted by Crippen LogP contribution is 2.38. The Morgan fingerprint density at radius 2 is 2.40 bits per heavy atom.